The Balaban J connectivity index is 1.78. The van der Waals surface area contributed by atoms with E-state index in [9.17, 15) is 0 Å². The topological polar surface area (TPSA) is 56.6 Å². The quantitative estimate of drug-likeness (QED) is 0.805. The summed E-state index contributed by atoms with van der Waals surface area (Å²) >= 11 is 0. The molecular weight excluding hydrogens is 251 g/mol. The van der Waals surface area contributed by atoms with Crippen LogP contribution in [0.25, 0.3) is 0 Å². The van der Waals surface area contributed by atoms with Crippen molar-refractivity contribution in [3.63, 3.8) is 0 Å². The van der Waals surface area contributed by atoms with Crippen LogP contribution in [-0.4, -0.2) is 28.7 Å². The van der Waals surface area contributed by atoms with Crippen molar-refractivity contribution in [3.05, 3.63) is 53.9 Å². The number of aromatic nitrogens is 1. The van der Waals surface area contributed by atoms with Crippen molar-refractivity contribution >= 4 is 18.3 Å². The third kappa shape index (κ3) is 2.69. The van der Waals surface area contributed by atoms with Crippen LogP contribution in [0.1, 0.15) is 17.7 Å². The molecule has 0 aliphatic carbocycles. The molecule has 1 aliphatic rings. The minimum atomic E-state index is -1.45. The van der Waals surface area contributed by atoms with Gasteiger partial charge in [-0.25, -0.2) is 0 Å². The minimum absolute atomic E-state index is 0.424. The first-order valence-electron chi connectivity index (χ1n) is 6.88. The van der Waals surface area contributed by atoms with Crippen molar-refractivity contribution in [1.82, 2.24) is 4.98 Å². The molecule has 0 spiro atoms. The van der Waals surface area contributed by atoms with Gasteiger partial charge in [0, 0.05) is 23.9 Å². The number of benzene rings is 1. The van der Waals surface area contributed by atoms with Gasteiger partial charge in [0.2, 0.25) is 0 Å². The zero-order chi connectivity index (χ0) is 13.9. The number of hydrogen-bond donors (Lipinski definition) is 2. The van der Waals surface area contributed by atoms with Gasteiger partial charge < -0.3 is 14.9 Å². The molecule has 0 fully saturated rings. The van der Waals surface area contributed by atoms with E-state index in [0.29, 0.717) is 5.46 Å². The standard InChI is InChI=1S/C15H17BN2O2/c19-16(20)13-7-8-14(17-10-13)11-18-9-3-5-12-4-1-2-6-15(12)18/h1-2,4,6-8,10,19-20H,3,5,9,11H2. The van der Waals surface area contributed by atoms with E-state index in [0.717, 1.165) is 31.6 Å². The van der Waals surface area contributed by atoms with Crippen molar-refractivity contribution in [2.24, 2.45) is 0 Å². The van der Waals surface area contributed by atoms with E-state index in [2.05, 4.69) is 34.1 Å². The summed E-state index contributed by atoms with van der Waals surface area (Å²) in [7, 11) is -1.45. The third-order valence-corrected chi connectivity index (χ3v) is 3.71. The van der Waals surface area contributed by atoms with Gasteiger partial charge in [-0.15, -0.1) is 0 Å². The highest BCUT2D eigenvalue weighted by atomic mass is 16.4. The van der Waals surface area contributed by atoms with Gasteiger partial charge in [-0.1, -0.05) is 24.3 Å². The molecule has 2 N–H and O–H groups in total. The SMILES string of the molecule is OB(O)c1ccc(CN2CCCc3ccccc32)nc1. The van der Waals surface area contributed by atoms with Crippen LogP contribution in [0.3, 0.4) is 0 Å². The highest BCUT2D eigenvalue weighted by Gasteiger charge is 2.17. The van der Waals surface area contributed by atoms with Gasteiger partial charge in [-0.05, 0) is 30.5 Å². The van der Waals surface area contributed by atoms with Gasteiger partial charge in [0.05, 0.1) is 12.2 Å². The van der Waals surface area contributed by atoms with Crippen LogP contribution in [0.2, 0.25) is 0 Å². The van der Waals surface area contributed by atoms with Crippen LogP contribution >= 0.6 is 0 Å². The Morgan fingerprint density at radius 3 is 2.75 bits per heavy atom. The Morgan fingerprint density at radius 2 is 2.00 bits per heavy atom. The largest absolute Gasteiger partial charge is 0.490 e. The highest BCUT2D eigenvalue weighted by Crippen LogP contribution is 2.27. The molecule has 0 bridgehead atoms. The lowest BCUT2D eigenvalue weighted by molar-refractivity contribution is 0.425. The van der Waals surface area contributed by atoms with Crippen LogP contribution in [0.4, 0.5) is 5.69 Å². The molecule has 1 aromatic carbocycles. The Morgan fingerprint density at radius 1 is 1.15 bits per heavy atom. The fourth-order valence-corrected chi connectivity index (χ4v) is 2.65. The summed E-state index contributed by atoms with van der Waals surface area (Å²) < 4.78 is 0. The van der Waals surface area contributed by atoms with Crippen molar-refractivity contribution in [1.29, 1.82) is 0 Å². The molecule has 0 amide bonds. The number of hydrogen-bond acceptors (Lipinski definition) is 4. The Hall–Kier alpha value is -1.85. The number of nitrogens with zero attached hydrogens (tertiary/aromatic N) is 2. The van der Waals surface area contributed by atoms with Gasteiger partial charge in [-0.3, -0.25) is 4.98 Å². The van der Waals surface area contributed by atoms with E-state index in [1.54, 1.807) is 6.07 Å². The maximum Gasteiger partial charge on any atom is 0.490 e. The summed E-state index contributed by atoms with van der Waals surface area (Å²) in [6, 6.07) is 12.0. The summed E-state index contributed by atoms with van der Waals surface area (Å²) in [5.41, 5.74) is 4.03. The average Bonchev–Trinajstić information content (AvgIpc) is 2.48. The maximum absolute atomic E-state index is 9.07. The van der Waals surface area contributed by atoms with Crippen molar-refractivity contribution in [2.75, 3.05) is 11.4 Å². The molecule has 1 aromatic heterocycles. The second-order valence-electron chi connectivity index (χ2n) is 5.11. The molecule has 0 unspecified atom stereocenters. The second-order valence-corrected chi connectivity index (χ2v) is 5.11. The first-order valence-corrected chi connectivity index (χ1v) is 6.88. The van der Waals surface area contributed by atoms with Gasteiger partial charge in [-0.2, -0.15) is 0 Å². The highest BCUT2D eigenvalue weighted by molar-refractivity contribution is 6.58. The summed E-state index contributed by atoms with van der Waals surface area (Å²) in [5, 5.41) is 18.1. The van der Waals surface area contributed by atoms with E-state index >= 15 is 0 Å². The molecule has 0 radical (unpaired) electrons. The molecule has 0 atom stereocenters. The number of pyridine rings is 1. The Bertz CT molecular complexity index is 587. The Labute approximate surface area is 118 Å². The average molecular weight is 268 g/mol. The fourth-order valence-electron chi connectivity index (χ4n) is 2.65. The van der Waals surface area contributed by atoms with E-state index in [4.69, 9.17) is 10.0 Å². The molecule has 2 aromatic rings. The number of anilines is 1. The third-order valence-electron chi connectivity index (χ3n) is 3.71. The predicted octanol–water partition coefficient (Wildman–Crippen LogP) is 0.714. The number of rotatable bonds is 3. The number of para-hydroxylation sites is 1. The van der Waals surface area contributed by atoms with E-state index in [-0.39, 0.29) is 0 Å². The lowest BCUT2D eigenvalue weighted by Crippen LogP contribution is -2.32. The molecule has 4 nitrogen and oxygen atoms in total. The van der Waals surface area contributed by atoms with Crippen LogP contribution in [0, 0.1) is 0 Å². The van der Waals surface area contributed by atoms with Crippen LogP contribution in [-0.2, 0) is 13.0 Å². The molecule has 1 aliphatic heterocycles. The number of fused-ring (bicyclic) bond motifs is 1. The molecule has 2 heterocycles. The van der Waals surface area contributed by atoms with Crippen molar-refractivity contribution < 1.29 is 10.0 Å². The lowest BCUT2D eigenvalue weighted by atomic mass is 9.82. The Kier molecular flexibility index (Phi) is 3.71. The van der Waals surface area contributed by atoms with Crippen LogP contribution < -0.4 is 10.4 Å². The van der Waals surface area contributed by atoms with Gasteiger partial charge in [0.25, 0.3) is 0 Å². The van der Waals surface area contributed by atoms with Crippen molar-refractivity contribution in [3.8, 4) is 0 Å². The summed E-state index contributed by atoms with van der Waals surface area (Å²) in [5.74, 6) is 0. The smallest absolute Gasteiger partial charge is 0.423 e. The van der Waals surface area contributed by atoms with E-state index in [1.807, 2.05) is 6.07 Å². The van der Waals surface area contributed by atoms with Crippen LogP contribution in [0.15, 0.2) is 42.6 Å². The van der Waals surface area contributed by atoms with Crippen molar-refractivity contribution in [2.45, 2.75) is 19.4 Å². The minimum Gasteiger partial charge on any atom is -0.423 e. The van der Waals surface area contributed by atoms with Gasteiger partial charge in [0.15, 0.2) is 0 Å². The first kappa shape index (κ1) is 13.2. The van der Waals surface area contributed by atoms with E-state index in [1.165, 1.54) is 17.4 Å². The zero-order valence-corrected chi connectivity index (χ0v) is 11.2. The second kappa shape index (κ2) is 5.65. The molecule has 20 heavy (non-hydrogen) atoms. The first-order chi connectivity index (χ1) is 9.74. The maximum atomic E-state index is 9.07. The fraction of sp³-hybridized carbons (Fsp3) is 0.267. The molecule has 0 saturated heterocycles. The molecule has 5 heteroatoms. The normalized spacial score (nSPS) is 14.0. The molecular formula is C15H17BN2O2. The summed E-state index contributed by atoms with van der Waals surface area (Å²) in [4.78, 5) is 6.63. The van der Waals surface area contributed by atoms with Gasteiger partial charge >= 0.3 is 7.12 Å². The lowest BCUT2D eigenvalue weighted by Gasteiger charge is -2.31. The van der Waals surface area contributed by atoms with Crippen LogP contribution in [0.5, 0.6) is 0 Å². The molecule has 0 saturated carbocycles. The monoisotopic (exact) mass is 268 g/mol. The number of aryl methyl sites for hydroxylation is 1. The molecule has 3 rings (SSSR count). The molecule has 102 valence electrons. The summed E-state index contributed by atoms with van der Waals surface area (Å²) in [6.45, 7) is 1.78. The van der Waals surface area contributed by atoms with Gasteiger partial charge in [0.1, 0.15) is 0 Å². The summed E-state index contributed by atoms with van der Waals surface area (Å²) in [6.07, 6.45) is 3.82. The van der Waals surface area contributed by atoms with E-state index < -0.39 is 7.12 Å². The zero-order valence-electron chi connectivity index (χ0n) is 11.2. The predicted molar refractivity (Wildman–Crippen MR) is 79.9 cm³/mol.